The number of rotatable bonds is 5. The average Bonchev–Trinajstić information content (AvgIpc) is 2.68. The zero-order valence-corrected chi connectivity index (χ0v) is 14.5. The van der Waals surface area contributed by atoms with Gasteiger partial charge in [-0.25, -0.2) is 0 Å². The van der Waals surface area contributed by atoms with Gasteiger partial charge in [0, 0.05) is 29.4 Å². The van der Waals surface area contributed by atoms with Crippen molar-refractivity contribution in [1.82, 2.24) is 10.3 Å². The van der Waals surface area contributed by atoms with Crippen molar-refractivity contribution < 1.29 is 4.79 Å². The predicted molar refractivity (Wildman–Crippen MR) is 102 cm³/mol. The van der Waals surface area contributed by atoms with E-state index in [0.29, 0.717) is 5.02 Å². The standard InChI is InChI=1S/C20H15ClN4O/c21-17-8-2-1-5-15(17)12-25-20(26)16(11-22)13-24-18-9-3-6-14-7-4-10-23-19(14)18/h1-10,13,24H,12H2,(H,25,26)/b16-13-. The summed E-state index contributed by atoms with van der Waals surface area (Å²) >= 11 is 6.07. The molecule has 0 aliphatic heterocycles. The van der Waals surface area contributed by atoms with Crippen LogP contribution in [0.4, 0.5) is 5.69 Å². The van der Waals surface area contributed by atoms with E-state index in [1.54, 1.807) is 12.3 Å². The van der Waals surface area contributed by atoms with E-state index in [1.807, 2.05) is 54.6 Å². The van der Waals surface area contributed by atoms with Crippen molar-refractivity contribution in [3.63, 3.8) is 0 Å². The van der Waals surface area contributed by atoms with Crippen LogP contribution in [0.5, 0.6) is 0 Å². The minimum Gasteiger partial charge on any atom is -0.358 e. The lowest BCUT2D eigenvalue weighted by Gasteiger charge is -2.08. The zero-order valence-electron chi connectivity index (χ0n) is 13.7. The summed E-state index contributed by atoms with van der Waals surface area (Å²) in [5.74, 6) is -0.479. The molecule has 0 atom stereocenters. The number of nitrogens with one attached hydrogen (secondary N) is 2. The average molecular weight is 363 g/mol. The molecule has 0 bridgehead atoms. The normalized spacial score (nSPS) is 11.0. The Hall–Kier alpha value is -3.36. The molecular formula is C20H15ClN4O. The van der Waals surface area contributed by atoms with Crippen LogP contribution in [-0.2, 0) is 11.3 Å². The fourth-order valence-electron chi connectivity index (χ4n) is 2.43. The second-order valence-electron chi connectivity index (χ2n) is 5.47. The van der Waals surface area contributed by atoms with Gasteiger partial charge in [-0.1, -0.05) is 48.0 Å². The molecule has 3 aromatic rings. The third-order valence-electron chi connectivity index (χ3n) is 3.77. The Morgan fingerprint density at radius 1 is 1.15 bits per heavy atom. The van der Waals surface area contributed by atoms with Crippen molar-refractivity contribution >= 4 is 34.1 Å². The largest absolute Gasteiger partial charge is 0.358 e. The van der Waals surface area contributed by atoms with Gasteiger partial charge in [0.25, 0.3) is 5.91 Å². The molecule has 1 amide bonds. The molecule has 2 N–H and O–H groups in total. The molecule has 6 heteroatoms. The SMILES string of the molecule is N#C/C(=C/Nc1cccc2cccnc12)C(=O)NCc1ccccc1Cl. The molecule has 0 unspecified atom stereocenters. The molecule has 26 heavy (non-hydrogen) atoms. The molecule has 5 nitrogen and oxygen atoms in total. The van der Waals surface area contributed by atoms with Gasteiger partial charge in [-0.05, 0) is 23.8 Å². The van der Waals surface area contributed by atoms with Crippen molar-refractivity contribution in [2.75, 3.05) is 5.32 Å². The molecule has 0 aliphatic carbocycles. The van der Waals surface area contributed by atoms with E-state index in [2.05, 4.69) is 15.6 Å². The highest BCUT2D eigenvalue weighted by Gasteiger charge is 2.10. The van der Waals surface area contributed by atoms with Crippen molar-refractivity contribution in [1.29, 1.82) is 5.26 Å². The molecule has 0 saturated heterocycles. The third-order valence-corrected chi connectivity index (χ3v) is 4.14. The Labute approximate surface area is 155 Å². The summed E-state index contributed by atoms with van der Waals surface area (Å²) in [6, 6.07) is 18.6. The molecule has 128 valence electrons. The third kappa shape index (κ3) is 4.00. The molecule has 0 radical (unpaired) electrons. The molecular weight excluding hydrogens is 348 g/mol. The Bertz CT molecular complexity index is 1020. The van der Waals surface area contributed by atoms with E-state index < -0.39 is 5.91 Å². The van der Waals surface area contributed by atoms with E-state index in [9.17, 15) is 10.1 Å². The second-order valence-corrected chi connectivity index (χ2v) is 5.88. The number of carbonyl (C=O) groups is 1. The summed E-state index contributed by atoms with van der Waals surface area (Å²) in [4.78, 5) is 16.6. The number of nitriles is 1. The molecule has 1 heterocycles. The van der Waals surface area contributed by atoms with E-state index in [-0.39, 0.29) is 12.1 Å². The van der Waals surface area contributed by atoms with Crippen molar-refractivity contribution in [3.8, 4) is 6.07 Å². The molecule has 0 aliphatic rings. The van der Waals surface area contributed by atoms with Gasteiger partial charge in [0.1, 0.15) is 11.6 Å². The van der Waals surface area contributed by atoms with Crippen LogP contribution < -0.4 is 10.6 Å². The predicted octanol–water partition coefficient (Wildman–Crippen LogP) is 4.02. The fourth-order valence-corrected chi connectivity index (χ4v) is 2.63. The van der Waals surface area contributed by atoms with Crippen LogP contribution in [0.3, 0.4) is 0 Å². The summed E-state index contributed by atoms with van der Waals surface area (Å²) in [7, 11) is 0. The van der Waals surface area contributed by atoms with Crippen LogP contribution in [0.1, 0.15) is 5.56 Å². The van der Waals surface area contributed by atoms with Crippen LogP contribution in [0.15, 0.2) is 72.6 Å². The van der Waals surface area contributed by atoms with Gasteiger partial charge in [0.15, 0.2) is 0 Å². The number of benzene rings is 2. The number of nitrogens with zero attached hydrogens (tertiary/aromatic N) is 2. The topological polar surface area (TPSA) is 77.8 Å². The molecule has 3 rings (SSSR count). The first-order valence-electron chi connectivity index (χ1n) is 7.91. The first-order valence-corrected chi connectivity index (χ1v) is 8.29. The lowest BCUT2D eigenvalue weighted by atomic mass is 10.2. The Morgan fingerprint density at radius 2 is 1.96 bits per heavy atom. The fraction of sp³-hybridized carbons (Fsp3) is 0.0500. The number of amides is 1. The van der Waals surface area contributed by atoms with Gasteiger partial charge in [-0.15, -0.1) is 0 Å². The maximum Gasteiger partial charge on any atom is 0.263 e. The molecule has 0 saturated carbocycles. The zero-order chi connectivity index (χ0) is 18.4. The molecule has 0 fully saturated rings. The Balaban J connectivity index is 1.72. The van der Waals surface area contributed by atoms with E-state index in [1.165, 1.54) is 6.20 Å². The number of fused-ring (bicyclic) bond motifs is 1. The summed E-state index contributed by atoms with van der Waals surface area (Å²) < 4.78 is 0. The first kappa shape index (κ1) is 17.5. The maximum atomic E-state index is 12.2. The Morgan fingerprint density at radius 3 is 2.77 bits per heavy atom. The summed E-state index contributed by atoms with van der Waals surface area (Å²) in [6.07, 6.45) is 3.07. The van der Waals surface area contributed by atoms with Gasteiger partial charge in [0.05, 0.1) is 11.2 Å². The van der Waals surface area contributed by atoms with Crippen LogP contribution in [0, 0.1) is 11.3 Å². The number of hydrogen-bond acceptors (Lipinski definition) is 4. The van der Waals surface area contributed by atoms with Crippen molar-refractivity contribution in [2.45, 2.75) is 6.54 Å². The highest BCUT2D eigenvalue weighted by Crippen LogP contribution is 2.20. The number of anilines is 1. The van der Waals surface area contributed by atoms with Crippen LogP contribution in [-0.4, -0.2) is 10.9 Å². The van der Waals surface area contributed by atoms with E-state index >= 15 is 0 Å². The maximum absolute atomic E-state index is 12.2. The van der Waals surface area contributed by atoms with Crippen LogP contribution >= 0.6 is 11.6 Å². The number of pyridine rings is 1. The molecule has 0 spiro atoms. The van der Waals surface area contributed by atoms with Crippen LogP contribution in [0.25, 0.3) is 10.9 Å². The van der Waals surface area contributed by atoms with Crippen LogP contribution in [0.2, 0.25) is 5.02 Å². The summed E-state index contributed by atoms with van der Waals surface area (Å²) in [6.45, 7) is 0.243. The minimum absolute atomic E-state index is 0.0370. The van der Waals surface area contributed by atoms with Crippen molar-refractivity contribution in [3.05, 3.63) is 83.2 Å². The minimum atomic E-state index is -0.479. The highest BCUT2D eigenvalue weighted by atomic mass is 35.5. The van der Waals surface area contributed by atoms with Gasteiger partial charge >= 0.3 is 0 Å². The van der Waals surface area contributed by atoms with Gasteiger partial charge < -0.3 is 10.6 Å². The smallest absolute Gasteiger partial charge is 0.263 e. The summed E-state index contributed by atoms with van der Waals surface area (Å²) in [5, 5.41) is 16.5. The highest BCUT2D eigenvalue weighted by molar-refractivity contribution is 6.31. The van der Waals surface area contributed by atoms with Gasteiger partial charge in [-0.2, -0.15) is 5.26 Å². The Kier molecular flexibility index (Phi) is 5.47. The van der Waals surface area contributed by atoms with E-state index in [0.717, 1.165) is 22.2 Å². The lowest BCUT2D eigenvalue weighted by Crippen LogP contribution is -2.24. The van der Waals surface area contributed by atoms with Gasteiger partial charge in [0.2, 0.25) is 0 Å². The van der Waals surface area contributed by atoms with Crippen molar-refractivity contribution in [2.24, 2.45) is 0 Å². The first-order chi connectivity index (χ1) is 12.7. The number of hydrogen-bond donors (Lipinski definition) is 2. The monoisotopic (exact) mass is 362 g/mol. The summed E-state index contributed by atoms with van der Waals surface area (Å²) in [5.41, 5.74) is 2.23. The number of halogens is 1. The quantitative estimate of drug-likeness (QED) is 0.530. The molecule has 2 aromatic carbocycles. The van der Waals surface area contributed by atoms with Gasteiger partial charge in [-0.3, -0.25) is 9.78 Å². The second kappa shape index (κ2) is 8.15. The number of carbonyl (C=O) groups excluding carboxylic acids is 1. The molecule has 1 aromatic heterocycles. The number of aromatic nitrogens is 1. The van der Waals surface area contributed by atoms with E-state index in [4.69, 9.17) is 11.6 Å². The lowest BCUT2D eigenvalue weighted by molar-refractivity contribution is -0.117. The number of para-hydroxylation sites is 1.